The highest BCUT2D eigenvalue weighted by molar-refractivity contribution is 9.10. The fourth-order valence-corrected chi connectivity index (χ4v) is 2.69. The molecule has 1 rings (SSSR count). The SMILES string of the molecule is CC#CCNS(=O)(=O)c1cc(Cl)c(Br)c(N)c1F. The molecule has 0 saturated carbocycles. The minimum absolute atomic E-state index is 0.0100. The third kappa shape index (κ3) is 3.14. The van der Waals surface area contributed by atoms with Gasteiger partial charge in [-0.15, -0.1) is 5.92 Å². The van der Waals surface area contributed by atoms with E-state index in [0.29, 0.717) is 0 Å². The predicted octanol–water partition coefficient (Wildman–Crippen LogP) is 2.13. The lowest BCUT2D eigenvalue weighted by atomic mass is 10.3. The Morgan fingerprint density at radius 2 is 2.22 bits per heavy atom. The second-order valence-corrected chi connectivity index (χ2v) is 6.09. The maximum Gasteiger partial charge on any atom is 0.244 e. The quantitative estimate of drug-likeness (QED) is 0.496. The molecule has 0 saturated heterocycles. The molecule has 98 valence electrons. The van der Waals surface area contributed by atoms with Crippen molar-refractivity contribution in [1.82, 2.24) is 4.72 Å². The molecule has 0 fully saturated rings. The molecule has 0 aliphatic rings. The number of nitrogens with one attached hydrogen (secondary N) is 1. The molecule has 0 spiro atoms. The smallest absolute Gasteiger partial charge is 0.244 e. The van der Waals surface area contributed by atoms with Crippen LogP contribution < -0.4 is 10.5 Å². The summed E-state index contributed by atoms with van der Waals surface area (Å²) in [6.07, 6.45) is 0. The number of benzene rings is 1. The van der Waals surface area contributed by atoms with Gasteiger partial charge in [0.1, 0.15) is 4.90 Å². The lowest BCUT2D eigenvalue weighted by molar-refractivity contribution is 0.562. The van der Waals surface area contributed by atoms with E-state index in [0.717, 1.165) is 6.07 Å². The standard InChI is InChI=1S/C10H9BrClFN2O2S/c1-2-3-4-15-18(16,17)7-5-6(12)8(11)10(14)9(7)13/h5,15H,4,14H2,1H3. The van der Waals surface area contributed by atoms with Crippen molar-refractivity contribution in [3.63, 3.8) is 0 Å². The van der Waals surface area contributed by atoms with Crippen molar-refractivity contribution < 1.29 is 12.8 Å². The van der Waals surface area contributed by atoms with Gasteiger partial charge < -0.3 is 5.73 Å². The Labute approximate surface area is 118 Å². The Morgan fingerprint density at radius 3 is 2.78 bits per heavy atom. The minimum atomic E-state index is -4.04. The summed E-state index contributed by atoms with van der Waals surface area (Å²) in [6.45, 7) is 1.44. The van der Waals surface area contributed by atoms with Crippen LogP contribution in [0.25, 0.3) is 0 Å². The molecule has 18 heavy (non-hydrogen) atoms. The fourth-order valence-electron chi connectivity index (χ4n) is 1.09. The van der Waals surface area contributed by atoms with Gasteiger partial charge in [0.2, 0.25) is 10.0 Å². The normalized spacial score (nSPS) is 10.9. The van der Waals surface area contributed by atoms with Gasteiger partial charge in [-0.05, 0) is 28.9 Å². The van der Waals surface area contributed by atoms with E-state index in [1.54, 1.807) is 6.92 Å². The fraction of sp³-hybridized carbons (Fsp3) is 0.200. The van der Waals surface area contributed by atoms with Crippen molar-refractivity contribution in [2.45, 2.75) is 11.8 Å². The summed E-state index contributed by atoms with van der Waals surface area (Å²) in [5.74, 6) is 3.95. The Balaban J connectivity index is 3.28. The number of halogens is 3. The molecule has 1 aromatic carbocycles. The third-order valence-electron chi connectivity index (χ3n) is 1.97. The number of nitrogens with two attached hydrogens (primary N) is 1. The van der Waals surface area contributed by atoms with Crippen LogP contribution in [0.1, 0.15) is 6.92 Å². The zero-order valence-corrected chi connectivity index (χ0v) is 12.4. The van der Waals surface area contributed by atoms with Gasteiger partial charge in [-0.2, -0.15) is 4.72 Å². The average Bonchev–Trinajstić information content (AvgIpc) is 2.31. The molecule has 3 N–H and O–H groups in total. The Hall–Kier alpha value is -0.810. The first-order chi connectivity index (χ1) is 8.31. The van der Waals surface area contributed by atoms with E-state index >= 15 is 0 Å². The van der Waals surface area contributed by atoms with Crippen molar-refractivity contribution in [3.05, 3.63) is 21.4 Å². The summed E-state index contributed by atoms with van der Waals surface area (Å²) >= 11 is 8.70. The monoisotopic (exact) mass is 354 g/mol. The van der Waals surface area contributed by atoms with E-state index in [1.807, 2.05) is 0 Å². The first-order valence-corrected chi connectivity index (χ1v) is 7.29. The first-order valence-electron chi connectivity index (χ1n) is 4.63. The van der Waals surface area contributed by atoms with E-state index in [9.17, 15) is 12.8 Å². The number of sulfonamides is 1. The van der Waals surface area contributed by atoms with E-state index in [1.165, 1.54) is 0 Å². The Bertz CT molecular complexity index is 638. The van der Waals surface area contributed by atoms with Gasteiger partial charge in [0.15, 0.2) is 5.82 Å². The summed E-state index contributed by atoms with van der Waals surface area (Å²) in [6, 6.07) is 0.985. The van der Waals surface area contributed by atoms with Crippen molar-refractivity contribution in [1.29, 1.82) is 0 Å². The molecule has 0 aliphatic carbocycles. The van der Waals surface area contributed by atoms with E-state index in [2.05, 4.69) is 32.5 Å². The molecule has 0 radical (unpaired) electrons. The zero-order chi connectivity index (χ0) is 13.9. The first kappa shape index (κ1) is 15.2. The van der Waals surface area contributed by atoms with Crippen LogP contribution in [0.15, 0.2) is 15.4 Å². The average molecular weight is 356 g/mol. The molecular formula is C10H9BrClFN2O2S. The highest BCUT2D eigenvalue weighted by Crippen LogP contribution is 2.34. The van der Waals surface area contributed by atoms with Crippen LogP contribution >= 0.6 is 27.5 Å². The highest BCUT2D eigenvalue weighted by Gasteiger charge is 2.23. The van der Waals surface area contributed by atoms with E-state index in [4.69, 9.17) is 17.3 Å². The summed E-state index contributed by atoms with van der Waals surface area (Å²) in [4.78, 5) is -0.605. The summed E-state index contributed by atoms with van der Waals surface area (Å²) in [7, 11) is -4.04. The lowest BCUT2D eigenvalue weighted by Gasteiger charge is -2.09. The summed E-state index contributed by atoms with van der Waals surface area (Å²) in [5, 5.41) is 0.0100. The number of anilines is 1. The maximum absolute atomic E-state index is 13.8. The molecule has 0 heterocycles. The summed E-state index contributed by atoms with van der Waals surface area (Å²) < 4.78 is 39.6. The molecule has 0 aromatic heterocycles. The largest absolute Gasteiger partial charge is 0.395 e. The highest BCUT2D eigenvalue weighted by atomic mass is 79.9. The maximum atomic E-state index is 13.8. The number of nitrogen functional groups attached to an aromatic ring is 1. The van der Waals surface area contributed by atoms with Crippen molar-refractivity contribution in [2.24, 2.45) is 0 Å². The van der Waals surface area contributed by atoms with Gasteiger partial charge in [0.25, 0.3) is 0 Å². The van der Waals surface area contributed by atoms with Crippen molar-refractivity contribution in [2.75, 3.05) is 12.3 Å². The van der Waals surface area contributed by atoms with Gasteiger partial charge in [-0.3, -0.25) is 0 Å². The van der Waals surface area contributed by atoms with Gasteiger partial charge >= 0.3 is 0 Å². The Kier molecular flexibility index (Phi) is 4.99. The lowest BCUT2D eigenvalue weighted by Crippen LogP contribution is -2.25. The van der Waals surface area contributed by atoms with Gasteiger partial charge in [-0.25, -0.2) is 12.8 Å². The van der Waals surface area contributed by atoms with E-state index in [-0.39, 0.29) is 21.7 Å². The zero-order valence-electron chi connectivity index (χ0n) is 9.22. The molecule has 0 bridgehead atoms. The molecule has 0 atom stereocenters. The molecule has 0 amide bonds. The van der Waals surface area contributed by atoms with Crippen LogP contribution in [0.4, 0.5) is 10.1 Å². The van der Waals surface area contributed by atoms with Crippen molar-refractivity contribution in [3.8, 4) is 11.8 Å². The minimum Gasteiger partial charge on any atom is -0.395 e. The van der Waals surface area contributed by atoms with Crippen LogP contribution in [0, 0.1) is 17.7 Å². The number of hydrogen-bond donors (Lipinski definition) is 2. The van der Waals surface area contributed by atoms with Crippen LogP contribution in [-0.4, -0.2) is 15.0 Å². The molecule has 0 aliphatic heterocycles. The predicted molar refractivity (Wildman–Crippen MR) is 72.2 cm³/mol. The Morgan fingerprint density at radius 1 is 1.61 bits per heavy atom. The van der Waals surface area contributed by atoms with Crippen molar-refractivity contribution >= 4 is 43.2 Å². The van der Waals surface area contributed by atoms with Crippen LogP contribution in [0.5, 0.6) is 0 Å². The molecular weight excluding hydrogens is 347 g/mol. The van der Waals surface area contributed by atoms with Gasteiger partial charge in [-0.1, -0.05) is 17.5 Å². The topological polar surface area (TPSA) is 72.2 Å². The van der Waals surface area contributed by atoms with Gasteiger partial charge in [0.05, 0.1) is 21.7 Å². The summed E-state index contributed by atoms with van der Waals surface area (Å²) in [5.41, 5.74) is 5.05. The van der Waals surface area contributed by atoms with Crippen LogP contribution in [-0.2, 0) is 10.0 Å². The molecule has 4 nitrogen and oxygen atoms in total. The van der Waals surface area contributed by atoms with Gasteiger partial charge in [0, 0.05) is 0 Å². The second-order valence-electron chi connectivity index (χ2n) is 3.15. The molecule has 8 heteroatoms. The van der Waals surface area contributed by atoms with Crippen LogP contribution in [0.3, 0.4) is 0 Å². The van der Waals surface area contributed by atoms with Crippen LogP contribution in [0.2, 0.25) is 5.02 Å². The molecule has 0 unspecified atom stereocenters. The number of hydrogen-bond acceptors (Lipinski definition) is 3. The second kappa shape index (κ2) is 5.89. The third-order valence-corrected chi connectivity index (χ3v) is 4.75. The number of rotatable bonds is 3. The van der Waals surface area contributed by atoms with E-state index < -0.39 is 20.7 Å². The molecule has 1 aromatic rings.